The Hall–Kier alpha value is -2.60. The fraction of sp³-hybridized carbons (Fsp3) is 0.310. The molecule has 155 valence electrons. The lowest BCUT2D eigenvalue weighted by Gasteiger charge is -1.98. The van der Waals surface area contributed by atoms with E-state index in [9.17, 15) is 0 Å². The summed E-state index contributed by atoms with van der Waals surface area (Å²) in [7, 11) is 0. The maximum Gasteiger partial charge on any atom is -0.0348 e. The first-order valence-corrected chi connectivity index (χ1v) is 10.9. The highest BCUT2D eigenvalue weighted by atomic mass is 13.9. The molecule has 0 aliphatic carbocycles. The largest absolute Gasteiger partial charge is 0.0845 e. The Bertz CT molecular complexity index is 612. The summed E-state index contributed by atoms with van der Waals surface area (Å²) < 4.78 is 0. The van der Waals surface area contributed by atoms with Gasteiger partial charge in [-0.25, -0.2) is 0 Å². The molecule has 0 fully saturated rings. The molecule has 0 heteroatoms. The quantitative estimate of drug-likeness (QED) is 0.172. The second-order valence-corrected chi connectivity index (χ2v) is 6.61. The maximum absolute atomic E-state index is 5.23. The van der Waals surface area contributed by atoms with Gasteiger partial charge in [0, 0.05) is 0 Å². The molecule has 0 rings (SSSR count). The van der Waals surface area contributed by atoms with Gasteiger partial charge in [0.1, 0.15) is 0 Å². The molecule has 0 aliphatic rings. The minimum Gasteiger partial charge on any atom is -0.0845 e. The predicted molar refractivity (Wildman–Crippen MR) is 134 cm³/mol. The summed E-state index contributed by atoms with van der Waals surface area (Å²) in [4.78, 5) is 0. The van der Waals surface area contributed by atoms with E-state index in [1.807, 2.05) is 79.0 Å². The molecule has 0 aliphatic heterocycles. The molecule has 0 aromatic carbocycles. The summed E-state index contributed by atoms with van der Waals surface area (Å²) in [6.45, 7) is 7.50. The minimum atomic E-state index is 1.19. The molecule has 0 amide bonds. The van der Waals surface area contributed by atoms with Crippen molar-refractivity contribution >= 4 is 0 Å². The maximum atomic E-state index is 5.23. The van der Waals surface area contributed by atoms with E-state index < -0.39 is 0 Å². The van der Waals surface area contributed by atoms with E-state index in [0.29, 0.717) is 0 Å². The molecule has 0 saturated heterocycles. The van der Waals surface area contributed by atoms with Crippen LogP contribution in [0.4, 0.5) is 0 Å². The SMILES string of the molecule is [CH]=C/C=C/C=C/C=C/C=C/C=C/C=C/C=C/C=C/C=C/CCCCCCCCC. The molecule has 29 heavy (non-hydrogen) atoms. The molecular formula is C29H39. The number of unbranched alkanes of at least 4 members (excludes halogenated alkanes) is 7. The average Bonchev–Trinajstić information content (AvgIpc) is 2.74. The second kappa shape index (κ2) is 25.4. The number of hydrogen-bond donors (Lipinski definition) is 0. The number of rotatable bonds is 17. The van der Waals surface area contributed by atoms with Crippen LogP contribution in [0.25, 0.3) is 0 Å². The van der Waals surface area contributed by atoms with Gasteiger partial charge in [-0.1, -0.05) is 167 Å². The van der Waals surface area contributed by atoms with Gasteiger partial charge in [-0.3, -0.25) is 0 Å². The molecular weight excluding hydrogens is 348 g/mol. The number of allylic oxidation sites excluding steroid dienone is 19. The van der Waals surface area contributed by atoms with Crippen LogP contribution in [0.1, 0.15) is 58.3 Å². The molecule has 0 aromatic rings. The highest BCUT2D eigenvalue weighted by molar-refractivity contribution is 5.22. The van der Waals surface area contributed by atoms with E-state index in [4.69, 9.17) is 6.58 Å². The summed E-state index contributed by atoms with van der Waals surface area (Å²) >= 11 is 0. The van der Waals surface area contributed by atoms with Crippen LogP contribution >= 0.6 is 0 Å². The Morgan fingerprint density at radius 2 is 0.759 bits per heavy atom. The first-order chi connectivity index (χ1) is 14.4. The van der Waals surface area contributed by atoms with Crippen LogP contribution in [0.2, 0.25) is 0 Å². The smallest absolute Gasteiger partial charge is 0.0348 e. The monoisotopic (exact) mass is 387 g/mol. The first kappa shape index (κ1) is 26.4. The van der Waals surface area contributed by atoms with Gasteiger partial charge >= 0.3 is 0 Å². The van der Waals surface area contributed by atoms with E-state index in [1.54, 1.807) is 6.08 Å². The van der Waals surface area contributed by atoms with Crippen molar-refractivity contribution in [1.82, 2.24) is 0 Å². The lowest BCUT2D eigenvalue weighted by Crippen LogP contribution is -1.78. The van der Waals surface area contributed by atoms with Crippen molar-refractivity contribution in [1.29, 1.82) is 0 Å². The van der Waals surface area contributed by atoms with Gasteiger partial charge in [0.05, 0.1) is 0 Å². The minimum absolute atomic E-state index is 1.19. The van der Waals surface area contributed by atoms with Gasteiger partial charge in [0.15, 0.2) is 0 Å². The zero-order valence-corrected chi connectivity index (χ0v) is 18.2. The lowest BCUT2D eigenvalue weighted by molar-refractivity contribution is 0.592. The van der Waals surface area contributed by atoms with E-state index in [1.165, 1.54) is 57.4 Å². The zero-order chi connectivity index (χ0) is 21.1. The van der Waals surface area contributed by atoms with Crippen LogP contribution < -0.4 is 0 Å². The molecule has 0 spiro atoms. The lowest BCUT2D eigenvalue weighted by atomic mass is 10.1. The van der Waals surface area contributed by atoms with Gasteiger partial charge < -0.3 is 0 Å². The van der Waals surface area contributed by atoms with E-state index in [-0.39, 0.29) is 0 Å². The molecule has 0 N–H and O–H groups in total. The van der Waals surface area contributed by atoms with Gasteiger partial charge in [0.2, 0.25) is 0 Å². The Kier molecular flexibility index (Phi) is 23.1. The van der Waals surface area contributed by atoms with Crippen LogP contribution in [0.5, 0.6) is 0 Å². The molecule has 0 nitrogen and oxygen atoms in total. The van der Waals surface area contributed by atoms with Crippen molar-refractivity contribution < 1.29 is 0 Å². The Labute approximate surface area is 180 Å². The third kappa shape index (κ3) is 25.4. The van der Waals surface area contributed by atoms with Gasteiger partial charge in [0.25, 0.3) is 0 Å². The standard InChI is InChI=1S/C29H39/c1-3-5-7-9-11-13-15-17-19-21-23-25-27-29-28-26-24-22-20-18-16-14-12-10-8-6-4-2/h1,3,5,7,9,11,13,15,17,19-29H,4,6,8,10,12,14,16,18H2,2H3/b3-1?,7-5+,11-9+,15-13+,19-17+,22-20+,23-21+,26-24+,27-25+,29-28+. The summed E-state index contributed by atoms with van der Waals surface area (Å²) in [6, 6.07) is 0. The summed E-state index contributed by atoms with van der Waals surface area (Å²) in [5, 5.41) is 0. The van der Waals surface area contributed by atoms with Crippen molar-refractivity contribution in [2.75, 3.05) is 0 Å². The predicted octanol–water partition coefficient (Wildman–Crippen LogP) is 9.12. The third-order valence-corrected chi connectivity index (χ3v) is 4.00. The topological polar surface area (TPSA) is 0 Å². The molecule has 0 unspecified atom stereocenters. The Balaban J connectivity index is 3.70. The fourth-order valence-corrected chi connectivity index (χ4v) is 2.42. The van der Waals surface area contributed by atoms with Crippen LogP contribution in [0.3, 0.4) is 0 Å². The molecule has 0 heterocycles. The highest BCUT2D eigenvalue weighted by Crippen LogP contribution is 2.08. The first-order valence-electron chi connectivity index (χ1n) is 10.9. The van der Waals surface area contributed by atoms with Gasteiger partial charge in [-0.15, -0.1) is 0 Å². The van der Waals surface area contributed by atoms with Crippen molar-refractivity contribution in [2.45, 2.75) is 58.3 Å². The fourth-order valence-electron chi connectivity index (χ4n) is 2.42. The molecule has 0 saturated carbocycles. The average molecular weight is 388 g/mol. The molecule has 0 atom stereocenters. The number of hydrogen-bond acceptors (Lipinski definition) is 0. The van der Waals surface area contributed by atoms with Crippen molar-refractivity contribution in [2.24, 2.45) is 0 Å². The van der Waals surface area contributed by atoms with Crippen molar-refractivity contribution in [3.8, 4) is 0 Å². The van der Waals surface area contributed by atoms with Gasteiger partial charge in [-0.05, 0) is 12.8 Å². The van der Waals surface area contributed by atoms with Crippen LogP contribution in [-0.4, -0.2) is 0 Å². The second-order valence-electron chi connectivity index (χ2n) is 6.61. The summed E-state index contributed by atoms with van der Waals surface area (Å²) in [6.07, 6.45) is 48.5. The highest BCUT2D eigenvalue weighted by Gasteiger charge is 1.88. The normalized spacial score (nSPS) is 13.7. The molecule has 0 bridgehead atoms. The zero-order valence-electron chi connectivity index (χ0n) is 18.2. The van der Waals surface area contributed by atoms with Crippen molar-refractivity contribution in [3.05, 3.63) is 122 Å². The Morgan fingerprint density at radius 3 is 1.17 bits per heavy atom. The van der Waals surface area contributed by atoms with Gasteiger partial charge in [-0.2, -0.15) is 0 Å². The Morgan fingerprint density at radius 1 is 0.414 bits per heavy atom. The summed E-state index contributed by atoms with van der Waals surface area (Å²) in [5.74, 6) is 0. The molecule has 1 radical (unpaired) electrons. The van der Waals surface area contributed by atoms with Crippen LogP contribution in [0.15, 0.2) is 115 Å². The van der Waals surface area contributed by atoms with E-state index >= 15 is 0 Å². The summed E-state index contributed by atoms with van der Waals surface area (Å²) in [5.41, 5.74) is 0. The van der Waals surface area contributed by atoms with E-state index in [2.05, 4.69) is 31.2 Å². The van der Waals surface area contributed by atoms with Crippen LogP contribution in [-0.2, 0) is 0 Å². The third-order valence-electron chi connectivity index (χ3n) is 4.00. The van der Waals surface area contributed by atoms with E-state index in [0.717, 1.165) is 0 Å². The van der Waals surface area contributed by atoms with Crippen LogP contribution in [0, 0.1) is 6.58 Å². The van der Waals surface area contributed by atoms with Crippen molar-refractivity contribution in [3.63, 3.8) is 0 Å². The molecule has 0 aromatic heterocycles.